The van der Waals surface area contributed by atoms with Crippen LogP contribution in [-0.2, 0) is 4.79 Å². The number of hydrazine groups is 1. The lowest BCUT2D eigenvalue weighted by Gasteiger charge is -2.26. The van der Waals surface area contributed by atoms with Gasteiger partial charge in [-0.15, -0.1) is 0 Å². The number of hydrogen-bond donors (Lipinski definition) is 4. The summed E-state index contributed by atoms with van der Waals surface area (Å²) in [6, 6.07) is 0. The second-order valence-corrected chi connectivity index (χ2v) is 3.55. The van der Waals surface area contributed by atoms with Crippen LogP contribution in [0, 0.1) is 11.8 Å². The summed E-state index contributed by atoms with van der Waals surface area (Å²) in [5.74, 6) is 10.2. The van der Waals surface area contributed by atoms with Gasteiger partial charge in [0.25, 0.3) is 0 Å². The van der Waals surface area contributed by atoms with E-state index >= 15 is 0 Å². The number of carboxylic acid groups (broad SMARTS) is 1. The number of amidine groups is 1. The molecule has 1 aliphatic carbocycles. The maximum atomic E-state index is 10.7. The molecule has 0 aromatic rings. The molecular formula is C8H16N4O2. The number of carboxylic acids is 1. The van der Waals surface area contributed by atoms with Crippen LogP contribution in [0.1, 0.15) is 25.7 Å². The molecule has 80 valence electrons. The molecule has 1 rings (SSSR count). The van der Waals surface area contributed by atoms with Crippen molar-refractivity contribution in [3.05, 3.63) is 0 Å². The quantitative estimate of drug-likeness (QED) is 0.210. The van der Waals surface area contributed by atoms with Crippen LogP contribution in [-0.4, -0.2) is 16.9 Å². The Morgan fingerprint density at radius 1 is 1.29 bits per heavy atom. The first-order valence-electron chi connectivity index (χ1n) is 4.66. The van der Waals surface area contributed by atoms with Crippen molar-refractivity contribution < 1.29 is 9.90 Å². The monoisotopic (exact) mass is 200 g/mol. The van der Waals surface area contributed by atoms with Crippen LogP contribution < -0.4 is 17.1 Å². The van der Waals surface area contributed by atoms with Crippen molar-refractivity contribution in [1.29, 1.82) is 0 Å². The Balaban J connectivity index is 2.46. The summed E-state index contributed by atoms with van der Waals surface area (Å²) in [6.07, 6.45) is 2.88. The molecule has 0 unspecified atom stereocenters. The van der Waals surface area contributed by atoms with Gasteiger partial charge in [0.2, 0.25) is 0 Å². The molecule has 0 atom stereocenters. The first kappa shape index (κ1) is 10.8. The lowest BCUT2D eigenvalue weighted by molar-refractivity contribution is -0.142. The third kappa shape index (κ3) is 2.35. The van der Waals surface area contributed by atoms with Crippen molar-refractivity contribution in [1.82, 2.24) is 5.43 Å². The van der Waals surface area contributed by atoms with Gasteiger partial charge in [-0.25, -0.2) is 5.84 Å². The van der Waals surface area contributed by atoms with Gasteiger partial charge in [-0.2, -0.15) is 5.10 Å². The SMILES string of the molecule is N/N=C(\NN)C1CCC(C(=O)O)CC1. The number of carbonyl (C=O) groups is 1. The normalized spacial score (nSPS) is 28.5. The lowest BCUT2D eigenvalue weighted by atomic mass is 9.81. The molecule has 0 aliphatic heterocycles. The molecular weight excluding hydrogens is 184 g/mol. The molecule has 1 saturated carbocycles. The van der Waals surface area contributed by atoms with Crippen molar-refractivity contribution in [2.45, 2.75) is 25.7 Å². The van der Waals surface area contributed by atoms with Gasteiger partial charge < -0.3 is 16.4 Å². The molecule has 0 amide bonds. The highest BCUT2D eigenvalue weighted by Gasteiger charge is 2.28. The molecule has 6 N–H and O–H groups in total. The summed E-state index contributed by atoms with van der Waals surface area (Å²) in [5.41, 5.74) is 2.44. The van der Waals surface area contributed by atoms with E-state index in [2.05, 4.69) is 10.5 Å². The van der Waals surface area contributed by atoms with E-state index in [1.54, 1.807) is 0 Å². The van der Waals surface area contributed by atoms with Crippen LogP contribution in [0.5, 0.6) is 0 Å². The smallest absolute Gasteiger partial charge is 0.306 e. The fourth-order valence-corrected chi connectivity index (χ4v) is 1.87. The zero-order chi connectivity index (χ0) is 10.6. The molecule has 0 spiro atoms. The van der Waals surface area contributed by atoms with Crippen LogP contribution in [0.15, 0.2) is 5.10 Å². The van der Waals surface area contributed by atoms with Gasteiger partial charge >= 0.3 is 5.97 Å². The molecule has 0 aromatic carbocycles. The highest BCUT2D eigenvalue weighted by Crippen LogP contribution is 2.29. The van der Waals surface area contributed by atoms with E-state index < -0.39 is 5.97 Å². The number of hydrogen-bond acceptors (Lipinski definition) is 4. The molecule has 0 saturated heterocycles. The van der Waals surface area contributed by atoms with Crippen molar-refractivity contribution in [3.8, 4) is 0 Å². The van der Waals surface area contributed by atoms with Crippen LogP contribution >= 0.6 is 0 Å². The molecule has 0 radical (unpaired) electrons. The third-order valence-electron chi connectivity index (χ3n) is 2.75. The number of aliphatic carboxylic acids is 1. The van der Waals surface area contributed by atoms with Gasteiger partial charge in [0.15, 0.2) is 0 Å². The lowest BCUT2D eigenvalue weighted by Crippen LogP contribution is -2.39. The van der Waals surface area contributed by atoms with Gasteiger partial charge in [-0.05, 0) is 25.7 Å². The first-order valence-corrected chi connectivity index (χ1v) is 4.66. The van der Waals surface area contributed by atoms with Gasteiger partial charge in [0.05, 0.1) is 5.92 Å². The van der Waals surface area contributed by atoms with Crippen molar-refractivity contribution in [2.24, 2.45) is 28.6 Å². The maximum absolute atomic E-state index is 10.7. The summed E-state index contributed by atoms with van der Waals surface area (Å²) in [5, 5.41) is 12.3. The zero-order valence-corrected chi connectivity index (χ0v) is 7.94. The molecule has 14 heavy (non-hydrogen) atoms. The fraction of sp³-hybridized carbons (Fsp3) is 0.750. The molecule has 0 bridgehead atoms. The minimum absolute atomic E-state index is 0.181. The van der Waals surface area contributed by atoms with E-state index in [0.717, 1.165) is 12.8 Å². The van der Waals surface area contributed by atoms with Crippen molar-refractivity contribution in [2.75, 3.05) is 0 Å². The summed E-state index contributed by atoms with van der Waals surface area (Å²) in [6.45, 7) is 0. The molecule has 0 aromatic heterocycles. The molecule has 0 heterocycles. The predicted molar refractivity (Wildman–Crippen MR) is 52.0 cm³/mol. The Hall–Kier alpha value is -1.30. The number of nitrogens with one attached hydrogen (secondary N) is 1. The Morgan fingerprint density at radius 2 is 1.79 bits per heavy atom. The summed E-state index contributed by atoms with van der Waals surface area (Å²) in [4.78, 5) is 10.7. The summed E-state index contributed by atoms with van der Waals surface area (Å²) >= 11 is 0. The average molecular weight is 200 g/mol. The summed E-state index contributed by atoms with van der Waals surface area (Å²) in [7, 11) is 0. The second kappa shape index (κ2) is 4.80. The van der Waals surface area contributed by atoms with Gasteiger partial charge in [0.1, 0.15) is 5.84 Å². The van der Waals surface area contributed by atoms with Crippen LogP contribution in [0.3, 0.4) is 0 Å². The first-order chi connectivity index (χ1) is 6.69. The average Bonchev–Trinajstić information content (AvgIpc) is 2.20. The van der Waals surface area contributed by atoms with Gasteiger partial charge in [-0.3, -0.25) is 4.79 Å². The van der Waals surface area contributed by atoms with Gasteiger partial charge in [0, 0.05) is 5.92 Å². The Labute approximate surface area is 82.3 Å². The largest absolute Gasteiger partial charge is 0.481 e. The molecule has 1 aliphatic rings. The fourth-order valence-electron chi connectivity index (χ4n) is 1.87. The van der Waals surface area contributed by atoms with Crippen molar-refractivity contribution >= 4 is 11.8 Å². The Morgan fingerprint density at radius 3 is 2.14 bits per heavy atom. The van der Waals surface area contributed by atoms with Crippen LogP contribution in [0.2, 0.25) is 0 Å². The van der Waals surface area contributed by atoms with Crippen LogP contribution in [0.25, 0.3) is 0 Å². The highest BCUT2D eigenvalue weighted by atomic mass is 16.4. The van der Waals surface area contributed by atoms with E-state index in [0.29, 0.717) is 18.7 Å². The number of rotatable bonds is 2. The summed E-state index contributed by atoms with van der Waals surface area (Å²) < 4.78 is 0. The Bertz CT molecular complexity index is 233. The third-order valence-corrected chi connectivity index (χ3v) is 2.75. The topological polar surface area (TPSA) is 114 Å². The minimum Gasteiger partial charge on any atom is -0.481 e. The standard InChI is InChI=1S/C8H16N4O2/c9-11-7(12-10)5-1-3-6(4-2-5)8(13)14/h5-6H,1-4,9-10H2,(H,11,12)(H,13,14). The molecule has 6 heteroatoms. The highest BCUT2D eigenvalue weighted by molar-refractivity contribution is 5.84. The van der Waals surface area contributed by atoms with E-state index in [9.17, 15) is 4.79 Å². The Kier molecular flexibility index (Phi) is 3.70. The number of hydrazone groups is 1. The molecule has 6 nitrogen and oxygen atoms in total. The minimum atomic E-state index is -0.713. The maximum Gasteiger partial charge on any atom is 0.306 e. The number of nitrogens with two attached hydrogens (primary N) is 2. The van der Waals surface area contributed by atoms with Crippen molar-refractivity contribution in [3.63, 3.8) is 0 Å². The second-order valence-electron chi connectivity index (χ2n) is 3.55. The zero-order valence-electron chi connectivity index (χ0n) is 7.94. The van der Waals surface area contributed by atoms with Gasteiger partial charge in [-0.1, -0.05) is 0 Å². The van der Waals surface area contributed by atoms with E-state index in [4.69, 9.17) is 16.8 Å². The number of nitrogens with zero attached hydrogens (tertiary/aromatic N) is 1. The predicted octanol–water partition coefficient (Wildman–Crippen LogP) is -0.387. The molecule has 1 fully saturated rings. The van der Waals surface area contributed by atoms with Crippen LogP contribution in [0.4, 0.5) is 0 Å². The van der Waals surface area contributed by atoms with E-state index in [1.807, 2.05) is 0 Å². The van der Waals surface area contributed by atoms with E-state index in [1.165, 1.54) is 0 Å². The van der Waals surface area contributed by atoms with E-state index in [-0.39, 0.29) is 11.8 Å².